The molecule has 0 rings (SSSR count). The van der Waals surface area contributed by atoms with Crippen LogP contribution in [0.5, 0.6) is 0 Å². The average molecular weight is 110 g/mol. The SMILES string of the molecule is C=CC=CC(C)(C)C. The average Bonchev–Trinajstić information content (AvgIpc) is 1.59. The van der Waals surface area contributed by atoms with Crippen molar-refractivity contribution in [2.75, 3.05) is 0 Å². The van der Waals surface area contributed by atoms with Gasteiger partial charge in [-0.1, -0.05) is 45.6 Å². The summed E-state index contributed by atoms with van der Waals surface area (Å²) in [7, 11) is 0. The fraction of sp³-hybridized carbons (Fsp3) is 0.500. The molecule has 0 aliphatic rings. The van der Waals surface area contributed by atoms with Crippen molar-refractivity contribution in [3.63, 3.8) is 0 Å². The molecular formula is C8H14. The third-order valence-electron chi connectivity index (χ3n) is 0.732. The Balaban J connectivity index is 3.69. The second kappa shape index (κ2) is 2.71. The van der Waals surface area contributed by atoms with E-state index in [0.29, 0.717) is 5.41 Å². The third-order valence-corrected chi connectivity index (χ3v) is 0.732. The van der Waals surface area contributed by atoms with Gasteiger partial charge in [0, 0.05) is 0 Å². The first-order valence-corrected chi connectivity index (χ1v) is 2.86. The highest BCUT2D eigenvalue weighted by molar-refractivity contribution is 5.02. The summed E-state index contributed by atoms with van der Waals surface area (Å²) < 4.78 is 0. The standard InChI is InChI=1S/C8H14/c1-5-6-7-8(2,3)4/h5-7H,1H2,2-4H3. The van der Waals surface area contributed by atoms with Gasteiger partial charge >= 0.3 is 0 Å². The van der Waals surface area contributed by atoms with Crippen LogP contribution in [-0.4, -0.2) is 0 Å². The van der Waals surface area contributed by atoms with Crippen LogP contribution in [0.2, 0.25) is 0 Å². The molecule has 0 heterocycles. The van der Waals surface area contributed by atoms with Crippen LogP contribution in [0.1, 0.15) is 20.8 Å². The van der Waals surface area contributed by atoms with E-state index in [4.69, 9.17) is 0 Å². The molecule has 0 fully saturated rings. The van der Waals surface area contributed by atoms with Crippen molar-refractivity contribution in [1.29, 1.82) is 0 Å². The second-order valence-electron chi connectivity index (χ2n) is 2.96. The molecule has 46 valence electrons. The van der Waals surface area contributed by atoms with E-state index >= 15 is 0 Å². The first kappa shape index (κ1) is 7.48. The molecule has 0 saturated heterocycles. The first-order valence-electron chi connectivity index (χ1n) is 2.86. The zero-order valence-electron chi connectivity index (χ0n) is 5.94. The molecule has 0 aromatic heterocycles. The number of allylic oxidation sites excluding steroid dienone is 3. The van der Waals surface area contributed by atoms with Gasteiger partial charge in [0.1, 0.15) is 0 Å². The summed E-state index contributed by atoms with van der Waals surface area (Å²) in [6, 6.07) is 0. The van der Waals surface area contributed by atoms with Crippen LogP contribution in [0, 0.1) is 5.41 Å². The van der Waals surface area contributed by atoms with Gasteiger partial charge < -0.3 is 0 Å². The van der Waals surface area contributed by atoms with Crippen LogP contribution < -0.4 is 0 Å². The predicted octanol–water partition coefficient (Wildman–Crippen LogP) is 2.77. The molecule has 0 spiro atoms. The van der Waals surface area contributed by atoms with E-state index < -0.39 is 0 Å². The molecular weight excluding hydrogens is 96.1 g/mol. The zero-order chi connectivity index (χ0) is 6.62. The highest BCUT2D eigenvalue weighted by Gasteiger charge is 2.01. The number of rotatable bonds is 1. The van der Waals surface area contributed by atoms with Crippen LogP contribution in [-0.2, 0) is 0 Å². The summed E-state index contributed by atoms with van der Waals surface area (Å²) in [4.78, 5) is 0. The van der Waals surface area contributed by atoms with Gasteiger partial charge in [-0.2, -0.15) is 0 Å². The molecule has 0 radical (unpaired) electrons. The largest absolute Gasteiger partial charge is 0.0991 e. The Labute approximate surface area is 51.9 Å². The molecule has 0 amide bonds. The Bertz CT molecular complexity index is 91.1. The van der Waals surface area contributed by atoms with E-state index in [9.17, 15) is 0 Å². The van der Waals surface area contributed by atoms with Gasteiger partial charge in [0.15, 0.2) is 0 Å². The predicted molar refractivity (Wildman–Crippen MR) is 38.8 cm³/mol. The maximum Gasteiger partial charge on any atom is -0.0200 e. The van der Waals surface area contributed by atoms with Gasteiger partial charge in [-0.25, -0.2) is 0 Å². The van der Waals surface area contributed by atoms with Gasteiger partial charge in [0.05, 0.1) is 0 Å². The molecule has 0 nitrogen and oxygen atoms in total. The number of hydrogen-bond donors (Lipinski definition) is 0. The van der Waals surface area contributed by atoms with E-state index in [1.165, 1.54) is 0 Å². The molecule has 0 aliphatic carbocycles. The van der Waals surface area contributed by atoms with E-state index in [0.717, 1.165) is 0 Å². The van der Waals surface area contributed by atoms with Crippen LogP contribution in [0.25, 0.3) is 0 Å². The first-order chi connectivity index (χ1) is 3.56. The quantitative estimate of drug-likeness (QED) is 0.455. The Morgan fingerprint density at radius 1 is 1.25 bits per heavy atom. The minimum atomic E-state index is 0.300. The summed E-state index contributed by atoms with van der Waals surface area (Å²) in [5.74, 6) is 0. The second-order valence-corrected chi connectivity index (χ2v) is 2.96. The summed E-state index contributed by atoms with van der Waals surface area (Å²) in [6.07, 6.45) is 5.89. The summed E-state index contributed by atoms with van der Waals surface area (Å²) in [5, 5.41) is 0. The van der Waals surface area contributed by atoms with E-state index in [1.807, 2.05) is 6.08 Å². The Morgan fingerprint density at radius 2 is 1.75 bits per heavy atom. The molecule has 0 aromatic rings. The smallest absolute Gasteiger partial charge is 0.0200 e. The molecule has 0 bridgehead atoms. The lowest BCUT2D eigenvalue weighted by Crippen LogP contribution is -1.97. The minimum absolute atomic E-state index is 0.300. The number of hydrogen-bond acceptors (Lipinski definition) is 0. The van der Waals surface area contributed by atoms with Gasteiger partial charge in [-0.15, -0.1) is 0 Å². The van der Waals surface area contributed by atoms with Crippen molar-refractivity contribution in [2.24, 2.45) is 5.41 Å². The Hall–Kier alpha value is -0.520. The molecule has 0 aromatic carbocycles. The van der Waals surface area contributed by atoms with Crippen LogP contribution in [0.4, 0.5) is 0 Å². The van der Waals surface area contributed by atoms with Crippen molar-refractivity contribution in [3.05, 3.63) is 24.8 Å². The molecule has 0 unspecified atom stereocenters. The van der Waals surface area contributed by atoms with E-state index in [1.54, 1.807) is 6.08 Å². The molecule has 8 heavy (non-hydrogen) atoms. The minimum Gasteiger partial charge on any atom is -0.0991 e. The van der Waals surface area contributed by atoms with Crippen molar-refractivity contribution in [3.8, 4) is 0 Å². The van der Waals surface area contributed by atoms with Crippen molar-refractivity contribution < 1.29 is 0 Å². The van der Waals surface area contributed by atoms with Crippen LogP contribution in [0.3, 0.4) is 0 Å². The fourth-order valence-corrected chi connectivity index (χ4v) is 0.357. The lowest BCUT2D eigenvalue weighted by molar-refractivity contribution is 0.544. The van der Waals surface area contributed by atoms with Gasteiger partial charge in [0.2, 0.25) is 0 Å². The van der Waals surface area contributed by atoms with Crippen molar-refractivity contribution in [1.82, 2.24) is 0 Å². The van der Waals surface area contributed by atoms with Gasteiger partial charge in [-0.3, -0.25) is 0 Å². The van der Waals surface area contributed by atoms with Crippen molar-refractivity contribution >= 4 is 0 Å². The highest BCUT2D eigenvalue weighted by Crippen LogP contribution is 2.13. The van der Waals surface area contributed by atoms with Crippen LogP contribution in [0.15, 0.2) is 24.8 Å². The van der Waals surface area contributed by atoms with Crippen molar-refractivity contribution in [2.45, 2.75) is 20.8 Å². The maximum absolute atomic E-state index is 3.58. The zero-order valence-corrected chi connectivity index (χ0v) is 5.94. The van der Waals surface area contributed by atoms with Gasteiger partial charge in [0.25, 0.3) is 0 Å². The van der Waals surface area contributed by atoms with E-state index in [2.05, 4.69) is 33.4 Å². The topological polar surface area (TPSA) is 0 Å². The summed E-state index contributed by atoms with van der Waals surface area (Å²) >= 11 is 0. The normalized spacial score (nSPS) is 12.4. The third kappa shape index (κ3) is 5.48. The Morgan fingerprint density at radius 3 is 1.88 bits per heavy atom. The fourth-order valence-electron chi connectivity index (χ4n) is 0.357. The van der Waals surface area contributed by atoms with E-state index in [-0.39, 0.29) is 0 Å². The molecule has 0 saturated carbocycles. The lowest BCUT2D eigenvalue weighted by Gasteiger charge is -2.09. The highest BCUT2D eigenvalue weighted by atomic mass is 14.1. The van der Waals surface area contributed by atoms with Gasteiger partial charge in [-0.05, 0) is 5.41 Å². The molecule has 0 aliphatic heterocycles. The Kier molecular flexibility index (Phi) is 2.53. The molecule has 0 N–H and O–H groups in total. The monoisotopic (exact) mass is 110 g/mol. The maximum atomic E-state index is 3.58. The lowest BCUT2D eigenvalue weighted by atomic mass is 9.96. The molecule has 0 atom stereocenters. The molecule has 0 heteroatoms. The summed E-state index contributed by atoms with van der Waals surface area (Å²) in [6.45, 7) is 10.1. The van der Waals surface area contributed by atoms with Crippen LogP contribution >= 0.6 is 0 Å². The summed E-state index contributed by atoms with van der Waals surface area (Å²) in [5.41, 5.74) is 0.300.